The Morgan fingerprint density at radius 2 is 1.70 bits per heavy atom. The van der Waals surface area contributed by atoms with Gasteiger partial charge in [-0.1, -0.05) is 53.7 Å². The molecule has 0 aliphatic heterocycles. The minimum absolute atomic E-state index is 0.0412. The van der Waals surface area contributed by atoms with E-state index in [1.807, 2.05) is 36.4 Å². The first-order valence-electron chi connectivity index (χ1n) is 10.6. The number of anilines is 1. The van der Waals surface area contributed by atoms with E-state index in [0.717, 1.165) is 22.3 Å². The van der Waals surface area contributed by atoms with Gasteiger partial charge in [0.05, 0.1) is 12.0 Å². The Hall–Kier alpha value is -4.14. The monoisotopic (exact) mass is 447 g/mol. The zero-order chi connectivity index (χ0) is 23.0. The van der Waals surface area contributed by atoms with Crippen LogP contribution in [0.4, 0.5) is 10.7 Å². The van der Waals surface area contributed by atoms with E-state index in [4.69, 9.17) is 14.4 Å². The van der Waals surface area contributed by atoms with Crippen molar-refractivity contribution < 1.29 is 28.8 Å². The van der Waals surface area contributed by atoms with Gasteiger partial charge in [-0.25, -0.2) is 4.79 Å². The lowest BCUT2D eigenvalue weighted by Crippen LogP contribution is -2.38. The molecular formula is C24H21N3O6. The van der Waals surface area contributed by atoms with E-state index in [1.165, 1.54) is 6.07 Å². The number of hydrogen-bond acceptors (Lipinski definition) is 6. The van der Waals surface area contributed by atoms with Crippen LogP contribution in [0.5, 0.6) is 0 Å². The van der Waals surface area contributed by atoms with Gasteiger partial charge in [-0.05, 0) is 35.1 Å². The molecule has 1 aromatic heterocycles. The number of aliphatic carboxylic acids is 1. The molecule has 0 spiro atoms. The summed E-state index contributed by atoms with van der Waals surface area (Å²) in [4.78, 5) is 35.6. The molecule has 0 radical (unpaired) electrons. The average Bonchev–Trinajstić information content (AvgIpc) is 3.24. The number of fused-ring (bicyclic) bond motifs is 3. The van der Waals surface area contributed by atoms with Crippen LogP contribution in [0.15, 0.2) is 59.1 Å². The second-order valence-electron chi connectivity index (χ2n) is 8.33. The molecular weight excluding hydrogens is 426 g/mol. The Bertz CT molecular complexity index is 1200. The molecule has 0 bridgehead atoms. The van der Waals surface area contributed by atoms with Gasteiger partial charge >= 0.3 is 12.1 Å². The van der Waals surface area contributed by atoms with Gasteiger partial charge in [0.1, 0.15) is 6.61 Å². The molecule has 1 fully saturated rings. The fourth-order valence-electron chi connectivity index (χ4n) is 4.27. The van der Waals surface area contributed by atoms with Gasteiger partial charge in [0.15, 0.2) is 5.69 Å². The van der Waals surface area contributed by atoms with Gasteiger partial charge in [-0.3, -0.25) is 14.9 Å². The van der Waals surface area contributed by atoms with Crippen molar-refractivity contribution in [3.05, 3.63) is 71.4 Å². The van der Waals surface area contributed by atoms with Crippen molar-refractivity contribution in [3.63, 3.8) is 0 Å². The first-order chi connectivity index (χ1) is 15.9. The highest BCUT2D eigenvalue weighted by molar-refractivity contribution is 5.95. The molecule has 0 atom stereocenters. The summed E-state index contributed by atoms with van der Waals surface area (Å²) in [7, 11) is 0. The molecule has 1 heterocycles. The quantitative estimate of drug-likeness (QED) is 0.502. The van der Waals surface area contributed by atoms with E-state index in [0.29, 0.717) is 12.8 Å². The maximum atomic E-state index is 12.3. The Morgan fingerprint density at radius 3 is 2.30 bits per heavy atom. The van der Waals surface area contributed by atoms with Gasteiger partial charge < -0.3 is 19.7 Å². The zero-order valence-corrected chi connectivity index (χ0v) is 17.5. The number of aromatic nitrogens is 1. The van der Waals surface area contributed by atoms with Crippen LogP contribution in [0.3, 0.4) is 0 Å². The number of carboxylic acid groups (broad SMARTS) is 1. The molecule has 33 heavy (non-hydrogen) atoms. The smallest absolute Gasteiger partial charge is 0.414 e. The molecule has 0 unspecified atom stereocenters. The van der Waals surface area contributed by atoms with E-state index in [9.17, 15) is 14.4 Å². The van der Waals surface area contributed by atoms with Crippen LogP contribution >= 0.6 is 0 Å². The van der Waals surface area contributed by atoms with Gasteiger partial charge in [0.25, 0.3) is 5.91 Å². The summed E-state index contributed by atoms with van der Waals surface area (Å²) >= 11 is 0. The highest BCUT2D eigenvalue weighted by Gasteiger charge is 2.46. The number of hydrogen-bond donors (Lipinski definition) is 3. The van der Waals surface area contributed by atoms with Crippen LogP contribution in [0.1, 0.15) is 46.8 Å². The number of carbonyl (C=O) groups is 3. The highest BCUT2D eigenvalue weighted by Crippen LogP contribution is 2.44. The Labute approximate surface area is 188 Å². The van der Waals surface area contributed by atoms with Crippen LogP contribution in [0.2, 0.25) is 0 Å². The van der Waals surface area contributed by atoms with E-state index in [2.05, 4.69) is 27.9 Å². The summed E-state index contributed by atoms with van der Waals surface area (Å²) in [6.07, 6.45) is 0.299. The van der Waals surface area contributed by atoms with Crippen molar-refractivity contribution in [2.75, 3.05) is 11.9 Å². The number of nitrogens with zero attached hydrogens (tertiary/aromatic N) is 1. The molecule has 9 nitrogen and oxygen atoms in total. The predicted molar refractivity (Wildman–Crippen MR) is 117 cm³/mol. The Balaban J connectivity index is 1.19. The minimum Gasteiger partial charge on any atom is -0.481 e. The molecule has 2 aliphatic carbocycles. The van der Waals surface area contributed by atoms with Crippen molar-refractivity contribution in [2.24, 2.45) is 0 Å². The Morgan fingerprint density at radius 1 is 1.06 bits per heavy atom. The summed E-state index contributed by atoms with van der Waals surface area (Å²) < 4.78 is 10.5. The molecule has 3 aromatic rings. The normalized spacial score (nSPS) is 15.3. The number of ether oxygens (including phenoxy) is 1. The van der Waals surface area contributed by atoms with Crippen LogP contribution in [-0.4, -0.2) is 40.4 Å². The van der Waals surface area contributed by atoms with Crippen LogP contribution in [0, 0.1) is 0 Å². The molecule has 5 rings (SSSR count). The molecule has 0 saturated heterocycles. The van der Waals surface area contributed by atoms with Crippen LogP contribution in [-0.2, 0) is 9.53 Å². The van der Waals surface area contributed by atoms with Crippen LogP contribution in [0.25, 0.3) is 11.1 Å². The van der Waals surface area contributed by atoms with Crippen molar-refractivity contribution in [3.8, 4) is 11.1 Å². The topological polar surface area (TPSA) is 131 Å². The molecule has 3 N–H and O–H groups in total. The van der Waals surface area contributed by atoms with Crippen LogP contribution < -0.4 is 10.6 Å². The number of carboxylic acids is 1. The first kappa shape index (κ1) is 20.7. The second-order valence-corrected chi connectivity index (χ2v) is 8.33. The average molecular weight is 447 g/mol. The number of carbonyl (C=O) groups excluding carboxylic acids is 2. The lowest BCUT2D eigenvalue weighted by Gasteiger charge is -2.14. The summed E-state index contributed by atoms with van der Waals surface area (Å²) in [5, 5.41) is 17.7. The van der Waals surface area contributed by atoms with Crippen molar-refractivity contribution in [2.45, 2.75) is 30.7 Å². The van der Waals surface area contributed by atoms with Gasteiger partial charge in [0, 0.05) is 12.0 Å². The van der Waals surface area contributed by atoms with Crippen molar-refractivity contribution >= 4 is 23.9 Å². The van der Waals surface area contributed by atoms with E-state index in [-0.39, 0.29) is 30.5 Å². The maximum absolute atomic E-state index is 12.3. The van der Waals surface area contributed by atoms with E-state index < -0.39 is 23.5 Å². The fraction of sp³-hybridized carbons (Fsp3) is 0.250. The lowest BCUT2D eigenvalue weighted by atomic mass is 9.98. The summed E-state index contributed by atoms with van der Waals surface area (Å²) in [5.41, 5.74) is 3.66. The first-order valence-corrected chi connectivity index (χ1v) is 10.6. The lowest BCUT2D eigenvalue weighted by molar-refractivity contribution is -0.137. The highest BCUT2D eigenvalue weighted by atomic mass is 16.6. The molecule has 168 valence electrons. The molecule has 2 aromatic carbocycles. The summed E-state index contributed by atoms with van der Waals surface area (Å²) in [6.45, 7) is 0.138. The molecule has 1 saturated carbocycles. The number of rotatable bonds is 7. The minimum atomic E-state index is -0.981. The van der Waals surface area contributed by atoms with E-state index in [1.54, 1.807) is 0 Å². The third-order valence-corrected chi connectivity index (χ3v) is 6.03. The molecule has 9 heteroatoms. The predicted octanol–water partition coefficient (Wildman–Crippen LogP) is 3.77. The standard InChI is InChI=1S/C24H21N3O6/c28-21(29)12-24(9-10-24)26-22(30)19-11-20(33-27-19)25-23(31)32-13-18-16-7-3-1-5-14(16)15-6-2-4-8-17(15)18/h1-8,11,18H,9-10,12-13H2,(H,25,31)(H,26,30)(H,28,29). The number of amides is 2. The SMILES string of the molecule is O=C(O)CC1(NC(=O)c2cc(NC(=O)OCC3c4ccccc4-c4ccccc43)on2)CC1. The second kappa shape index (κ2) is 8.09. The number of nitrogens with one attached hydrogen (secondary N) is 2. The van der Waals surface area contributed by atoms with Gasteiger partial charge in [-0.15, -0.1) is 0 Å². The van der Waals surface area contributed by atoms with E-state index >= 15 is 0 Å². The largest absolute Gasteiger partial charge is 0.481 e. The summed E-state index contributed by atoms with van der Waals surface area (Å²) in [5.74, 6) is -1.66. The number of benzene rings is 2. The maximum Gasteiger partial charge on any atom is 0.414 e. The van der Waals surface area contributed by atoms with Crippen molar-refractivity contribution in [1.29, 1.82) is 0 Å². The van der Waals surface area contributed by atoms with Gasteiger partial charge in [0.2, 0.25) is 5.88 Å². The van der Waals surface area contributed by atoms with Gasteiger partial charge in [-0.2, -0.15) is 0 Å². The molecule has 2 aliphatic rings. The Kier molecular flexibility index (Phi) is 5.08. The third kappa shape index (κ3) is 4.17. The van der Waals surface area contributed by atoms with Crippen molar-refractivity contribution in [1.82, 2.24) is 10.5 Å². The fourth-order valence-corrected chi connectivity index (χ4v) is 4.27. The third-order valence-electron chi connectivity index (χ3n) is 6.03. The molecule has 2 amide bonds. The summed E-state index contributed by atoms with van der Waals surface area (Å²) in [6, 6.07) is 17.3. The zero-order valence-electron chi connectivity index (χ0n) is 17.5.